The SMILES string of the molecule is Cc1cc(CBr)ccc1Oc1ccc(Br)cc1F. The van der Waals surface area contributed by atoms with Crippen LogP contribution in [-0.4, -0.2) is 0 Å². The van der Waals surface area contributed by atoms with Crippen LogP contribution in [0.4, 0.5) is 4.39 Å². The molecule has 0 unspecified atom stereocenters. The smallest absolute Gasteiger partial charge is 0.166 e. The summed E-state index contributed by atoms with van der Waals surface area (Å²) in [6.07, 6.45) is 0. The van der Waals surface area contributed by atoms with Crippen LogP contribution in [0.15, 0.2) is 40.9 Å². The number of benzene rings is 2. The zero-order valence-electron chi connectivity index (χ0n) is 9.71. The summed E-state index contributed by atoms with van der Waals surface area (Å²) in [6, 6.07) is 10.6. The first-order valence-electron chi connectivity index (χ1n) is 5.38. The van der Waals surface area contributed by atoms with E-state index >= 15 is 0 Å². The lowest BCUT2D eigenvalue weighted by atomic mass is 10.1. The average molecular weight is 374 g/mol. The van der Waals surface area contributed by atoms with E-state index in [1.165, 1.54) is 6.07 Å². The van der Waals surface area contributed by atoms with E-state index in [4.69, 9.17) is 4.74 Å². The monoisotopic (exact) mass is 372 g/mol. The predicted octanol–water partition coefficient (Wildman–Crippen LogP) is 5.58. The number of hydrogen-bond acceptors (Lipinski definition) is 1. The summed E-state index contributed by atoms with van der Waals surface area (Å²) in [4.78, 5) is 0. The van der Waals surface area contributed by atoms with Gasteiger partial charge in [-0.2, -0.15) is 0 Å². The maximum Gasteiger partial charge on any atom is 0.166 e. The molecular weight excluding hydrogens is 363 g/mol. The van der Waals surface area contributed by atoms with Gasteiger partial charge in [-0.3, -0.25) is 0 Å². The van der Waals surface area contributed by atoms with Gasteiger partial charge in [-0.15, -0.1) is 0 Å². The van der Waals surface area contributed by atoms with Crippen LogP contribution in [-0.2, 0) is 5.33 Å². The minimum absolute atomic E-state index is 0.230. The second-order valence-electron chi connectivity index (χ2n) is 3.91. The molecule has 0 saturated heterocycles. The van der Waals surface area contributed by atoms with Crippen LogP contribution >= 0.6 is 31.9 Å². The second kappa shape index (κ2) is 5.85. The molecular formula is C14H11Br2FO. The number of halogens is 3. The lowest BCUT2D eigenvalue weighted by Gasteiger charge is -2.10. The molecule has 0 amide bonds. The Hall–Kier alpha value is -0.870. The van der Waals surface area contributed by atoms with Gasteiger partial charge in [-0.05, 0) is 42.3 Å². The van der Waals surface area contributed by atoms with Crippen molar-refractivity contribution < 1.29 is 9.13 Å². The summed E-state index contributed by atoms with van der Waals surface area (Å²) in [7, 11) is 0. The number of hydrogen-bond donors (Lipinski definition) is 0. The molecule has 0 aromatic heterocycles. The van der Waals surface area contributed by atoms with Crippen molar-refractivity contribution >= 4 is 31.9 Å². The van der Waals surface area contributed by atoms with Crippen molar-refractivity contribution in [3.63, 3.8) is 0 Å². The zero-order chi connectivity index (χ0) is 13.1. The van der Waals surface area contributed by atoms with Gasteiger partial charge < -0.3 is 4.74 Å². The molecule has 1 nitrogen and oxygen atoms in total. The number of ether oxygens (including phenoxy) is 1. The van der Waals surface area contributed by atoms with Gasteiger partial charge in [0.15, 0.2) is 11.6 Å². The summed E-state index contributed by atoms with van der Waals surface area (Å²) < 4.78 is 19.9. The predicted molar refractivity (Wildman–Crippen MR) is 78.0 cm³/mol. The molecule has 0 bridgehead atoms. The molecule has 2 rings (SSSR count). The van der Waals surface area contributed by atoms with E-state index in [1.807, 2.05) is 25.1 Å². The Balaban J connectivity index is 2.28. The molecule has 2 aromatic rings. The molecule has 0 aliphatic carbocycles. The molecule has 4 heteroatoms. The molecule has 0 aliphatic rings. The quantitative estimate of drug-likeness (QED) is 0.637. The van der Waals surface area contributed by atoms with Crippen LogP contribution in [0.3, 0.4) is 0 Å². The molecule has 0 atom stereocenters. The van der Waals surface area contributed by atoms with E-state index in [2.05, 4.69) is 31.9 Å². The first-order chi connectivity index (χ1) is 8.60. The van der Waals surface area contributed by atoms with Crippen LogP contribution in [0.5, 0.6) is 11.5 Å². The van der Waals surface area contributed by atoms with Gasteiger partial charge in [0.2, 0.25) is 0 Å². The van der Waals surface area contributed by atoms with Crippen molar-refractivity contribution in [2.75, 3.05) is 0 Å². The highest BCUT2D eigenvalue weighted by molar-refractivity contribution is 9.10. The second-order valence-corrected chi connectivity index (χ2v) is 5.39. The van der Waals surface area contributed by atoms with E-state index in [0.29, 0.717) is 10.2 Å². The number of rotatable bonds is 3. The highest BCUT2D eigenvalue weighted by Crippen LogP contribution is 2.29. The fourth-order valence-electron chi connectivity index (χ4n) is 1.59. The van der Waals surface area contributed by atoms with Gasteiger partial charge in [0.25, 0.3) is 0 Å². The Morgan fingerprint density at radius 1 is 1.11 bits per heavy atom. The molecule has 2 aromatic carbocycles. The zero-order valence-corrected chi connectivity index (χ0v) is 12.9. The van der Waals surface area contributed by atoms with Crippen LogP contribution in [0.2, 0.25) is 0 Å². The maximum atomic E-state index is 13.7. The summed E-state index contributed by atoms with van der Waals surface area (Å²) in [5.41, 5.74) is 2.14. The van der Waals surface area contributed by atoms with E-state index in [9.17, 15) is 4.39 Å². The fraction of sp³-hybridized carbons (Fsp3) is 0.143. The normalized spacial score (nSPS) is 10.4. The van der Waals surface area contributed by atoms with Crippen molar-refractivity contribution in [1.82, 2.24) is 0 Å². The van der Waals surface area contributed by atoms with E-state index in [1.54, 1.807) is 12.1 Å². The Morgan fingerprint density at radius 2 is 1.83 bits per heavy atom. The third kappa shape index (κ3) is 3.12. The molecule has 0 fully saturated rings. The van der Waals surface area contributed by atoms with Gasteiger partial charge in [0.05, 0.1) is 0 Å². The van der Waals surface area contributed by atoms with Crippen LogP contribution in [0, 0.1) is 12.7 Å². The van der Waals surface area contributed by atoms with E-state index < -0.39 is 0 Å². The molecule has 94 valence electrons. The fourth-order valence-corrected chi connectivity index (χ4v) is 2.27. The van der Waals surface area contributed by atoms with Gasteiger partial charge >= 0.3 is 0 Å². The van der Waals surface area contributed by atoms with Crippen molar-refractivity contribution in [2.24, 2.45) is 0 Å². The van der Waals surface area contributed by atoms with Gasteiger partial charge in [0.1, 0.15) is 5.75 Å². The highest BCUT2D eigenvalue weighted by atomic mass is 79.9. The summed E-state index contributed by atoms with van der Waals surface area (Å²) in [5.74, 6) is 0.516. The van der Waals surface area contributed by atoms with Crippen LogP contribution < -0.4 is 4.74 Å². The Kier molecular flexibility index (Phi) is 4.40. The summed E-state index contributed by atoms with van der Waals surface area (Å²) >= 11 is 6.61. The average Bonchev–Trinajstić information content (AvgIpc) is 2.34. The maximum absolute atomic E-state index is 13.7. The Morgan fingerprint density at radius 3 is 2.44 bits per heavy atom. The lowest BCUT2D eigenvalue weighted by molar-refractivity contribution is 0.439. The number of aryl methyl sites for hydroxylation is 1. The molecule has 0 N–H and O–H groups in total. The summed E-state index contributed by atoms with van der Waals surface area (Å²) in [5, 5.41) is 0.792. The first-order valence-corrected chi connectivity index (χ1v) is 7.30. The molecule has 0 spiro atoms. The van der Waals surface area contributed by atoms with Crippen molar-refractivity contribution in [3.8, 4) is 11.5 Å². The minimum atomic E-state index is -0.381. The highest BCUT2D eigenvalue weighted by Gasteiger charge is 2.07. The third-order valence-electron chi connectivity index (χ3n) is 2.51. The van der Waals surface area contributed by atoms with E-state index in [0.717, 1.165) is 16.5 Å². The van der Waals surface area contributed by atoms with Crippen LogP contribution in [0.1, 0.15) is 11.1 Å². The lowest BCUT2D eigenvalue weighted by Crippen LogP contribution is -1.91. The van der Waals surface area contributed by atoms with Crippen LogP contribution in [0.25, 0.3) is 0 Å². The Bertz CT molecular complexity index is 570. The Labute approximate surface area is 122 Å². The van der Waals surface area contributed by atoms with Crippen molar-refractivity contribution in [1.29, 1.82) is 0 Å². The van der Waals surface area contributed by atoms with Crippen molar-refractivity contribution in [2.45, 2.75) is 12.3 Å². The first kappa shape index (κ1) is 13.6. The molecule has 0 heterocycles. The topological polar surface area (TPSA) is 9.23 Å². The van der Waals surface area contributed by atoms with Gasteiger partial charge in [-0.1, -0.05) is 44.0 Å². The summed E-state index contributed by atoms with van der Waals surface area (Å²) in [6.45, 7) is 1.94. The van der Waals surface area contributed by atoms with Crippen molar-refractivity contribution in [3.05, 3.63) is 57.8 Å². The number of alkyl halides is 1. The van der Waals surface area contributed by atoms with Gasteiger partial charge in [0, 0.05) is 9.80 Å². The minimum Gasteiger partial charge on any atom is -0.454 e. The molecule has 18 heavy (non-hydrogen) atoms. The van der Waals surface area contributed by atoms with E-state index in [-0.39, 0.29) is 11.6 Å². The molecule has 0 saturated carbocycles. The molecule has 0 aliphatic heterocycles. The largest absolute Gasteiger partial charge is 0.454 e. The standard InChI is InChI=1S/C14H11Br2FO/c1-9-6-10(8-15)2-4-13(9)18-14-5-3-11(16)7-12(14)17/h2-7H,8H2,1H3. The third-order valence-corrected chi connectivity index (χ3v) is 3.65. The van der Waals surface area contributed by atoms with Gasteiger partial charge in [-0.25, -0.2) is 4.39 Å². The molecule has 0 radical (unpaired) electrons.